The minimum atomic E-state index is -4.47. The molecule has 0 saturated carbocycles. The van der Waals surface area contributed by atoms with E-state index in [1.807, 2.05) is 54.6 Å². The highest BCUT2D eigenvalue weighted by molar-refractivity contribution is 7.86. The Morgan fingerprint density at radius 2 is 1.38 bits per heavy atom. The summed E-state index contributed by atoms with van der Waals surface area (Å²) >= 11 is 0. The summed E-state index contributed by atoms with van der Waals surface area (Å²) in [6.45, 7) is 4.14. The van der Waals surface area contributed by atoms with E-state index in [9.17, 15) is 35.8 Å². The minimum Gasteiger partial charge on any atom is -0.477 e. The molecule has 0 aromatic heterocycles. The van der Waals surface area contributed by atoms with Gasteiger partial charge in [0.2, 0.25) is 5.71 Å². The first-order valence-electron chi connectivity index (χ1n) is 14.7. The van der Waals surface area contributed by atoms with E-state index in [1.165, 1.54) is 36.4 Å². The number of carbonyl (C=O) groups is 1. The number of allylic oxidation sites excluding steroid dienone is 4. The summed E-state index contributed by atoms with van der Waals surface area (Å²) in [5.41, 5.74) is 6.42. The van der Waals surface area contributed by atoms with Crippen molar-refractivity contribution in [3.05, 3.63) is 154 Å². The summed E-state index contributed by atoms with van der Waals surface area (Å²) in [5, 5.41) is 13.6. The second-order valence-electron chi connectivity index (χ2n) is 11.2. The molecular formula is C36H33N2O8S2+. The lowest BCUT2D eigenvalue weighted by atomic mass is 9.85. The number of anilines is 1. The maximum Gasteiger partial charge on any atom is 0.342 e. The van der Waals surface area contributed by atoms with Gasteiger partial charge in [0, 0.05) is 23.9 Å². The van der Waals surface area contributed by atoms with Crippen molar-refractivity contribution in [1.29, 1.82) is 0 Å². The number of hydrogen-bond donors (Lipinski definition) is 5. The SMILES string of the molecule is Cc1cc(S(=O)(=O)O)cc(C)c1C(=C1C=CC(=[NH+]Cc2cccc(S(=O)(=O)O)c2)C(C(=O)O)=C1)c1ccc(NCc2ccccc2)cc1. The molecule has 0 spiro atoms. The number of aliphatic carboxylic acids is 1. The second kappa shape index (κ2) is 13.9. The average Bonchev–Trinajstić information content (AvgIpc) is 3.04. The fourth-order valence-electron chi connectivity index (χ4n) is 5.52. The summed E-state index contributed by atoms with van der Waals surface area (Å²) in [6, 6.07) is 25.9. The second-order valence-corrected chi connectivity index (χ2v) is 14.1. The van der Waals surface area contributed by atoms with Gasteiger partial charge in [0.1, 0.15) is 5.57 Å². The molecule has 0 aliphatic heterocycles. The van der Waals surface area contributed by atoms with Gasteiger partial charge in [-0.3, -0.25) is 9.11 Å². The third-order valence-corrected chi connectivity index (χ3v) is 9.47. The van der Waals surface area contributed by atoms with Gasteiger partial charge in [-0.15, -0.1) is 0 Å². The molecule has 12 heteroatoms. The lowest BCUT2D eigenvalue weighted by Crippen LogP contribution is -2.71. The molecule has 4 aromatic rings. The fraction of sp³-hybridized carbons (Fsp3) is 0.111. The van der Waals surface area contributed by atoms with Crippen LogP contribution in [0.5, 0.6) is 0 Å². The van der Waals surface area contributed by atoms with Crippen molar-refractivity contribution in [3.63, 3.8) is 0 Å². The molecule has 1 aliphatic rings. The van der Waals surface area contributed by atoms with Crippen LogP contribution < -0.4 is 10.3 Å². The highest BCUT2D eigenvalue weighted by Crippen LogP contribution is 2.36. The van der Waals surface area contributed by atoms with Crippen LogP contribution >= 0.6 is 0 Å². The minimum absolute atomic E-state index is 0.0538. The average molecular weight is 686 g/mol. The first kappa shape index (κ1) is 34.2. The zero-order valence-corrected chi connectivity index (χ0v) is 27.6. The molecule has 0 atom stereocenters. The van der Waals surface area contributed by atoms with E-state index in [2.05, 4.69) is 10.3 Å². The standard InChI is InChI=1S/C36H32N2O8S2/c1-23-17-31(48(44,45)46)18-24(2)34(23)35(27-11-14-29(15-12-27)37-21-25-7-4-3-5-8-25)28-13-16-33(32(20-28)36(39)40)38-22-26-9-6-10-30(19-26)47(41,42)43/h3-20,37H,21-22H2,1-2H3,(H,39,40)(H,41,42,43)(H,44,45,46)/p+1. The smallest absolute Gasteiger partial charge is 0.342 e. The summed E-state index contributed by atoms with van der Waals surface area (Å²) in [5.74, 6) is -1.21. The number of carboxylic acids is 1. The zero-order valence-electron chi connectivity index (χ0n) is 26.0. The van der Waals surface area contributed by atoms with Crippen LogP contribution in [0.25, 0.3) is 5.57 Å². The molecular weight excluding hydrogens is 653 g/mol. The van der Waals surface area contributed by atoms with Crippen LogP contribution in [0.1, 0.15) is 33.4 Å². The normalized spacial score (nSPS) is 15.2. The van der Waals surface area contributed by atoms with Crippen molar-refractivity contribution < 1.29 is 40.8 Å². The molecule has 0 radical (unpaired) electrons. The van der Waals surface area contributed by atoms with Gasteiger partial charge in [-0.25, -0.2) is 9.79 Å². The molecule has 0 heterocycles. The van der Waals surface area contributed by atoms with Gasteiger partial charge in [0.25, 0.3) is 20.2 Å². The Hall–Kier alpha value is -5.14. The van der Waals surface area contributed by atoms with Crippen molar-refractivity contribution in [2.75, 3.05) is 5.32 Å². The van der Waals surface area contributed by atoms with Gasteiger partial charge >= 0.3 is 5.97 Å². The number of carboxylic acid groups (broad SMARTS) is 1. The summed E-state index contributed by atoms with van der Waals surface area (Å²) in [4.78, 5) is 15.1. The summed E-state index contributed by atoms with van der Waals surface area (Å²) in [7, 11) is -8.88. The predicted molar refractivity (Wildman–Crippen MR) is 183 cm³/mol. The van der Waals surface area contributed by atoms with E-state index in [-0.39, 0.29) is 27.6 Å². The van der Waals surface area contributed by atoms with E-state index in [1.54, 1.807) is 32.1 Å². The quantitative estimate of drug-likeness (QED) is 0.151. The van der Waals surface area contributed by atoms with Crippen molar-refractivity contribution in [2.24, 2.45) is 0 Å². The van der Waals surface area contributed by atoms with Crippen LogP contribution in [-0.4, -0.2) is 42.7 Å². The number of rotatable bonds is 10. The highest BCUT2D eigenvalue weighted by Gasteiger charge is 2.25. The van der Waals surface area contributed by atoms with Crippen LogP contribution in [-0.2, 0) is 38.1 Å². The number of hydrogen-bond acceptors (Lipinski definition) is 6. The van der Waals surface area contributed by atoms with Crippen LogP contribution in [0.15, 0.2) is 130 Å². The maximum absolute atomic E-state index is 12.5. The van der Waals surface area contributed by atoms with Crippen LogP contribution in [0, 0.1) is 13.8 Å². The Morgan fingerprint density at radius 3 is 1.98 bits per heavy atom. The van der Waals surface area contributed by atoms with Crippen molar-refractivity contribution >= 4 is 43.2 Å². The topological polar surface area (TPSA) is 172 Å². The molecule has 1 aliphatic carbocycles. The van der Waals surface area contributed by atoms with E-state index >= 15 is 0 Å². The predicted octanol–water partition coefficient (Wildman–Crippen LogP) is 4.51. The third-order valence-electron chi connectivity index (χ3n) is 7.79. The van der Waals surface area contributed by atoms with E-state index in [4.69, 9.17) is 0 Å². The first-order valence-corrected chi connectivity index (χ1v) is 17.6. The van der Waals surface area contributed by atoms with Gasteiger partial charge < -0.3 is 10.4 Å². The monoisotopic (exact) mass is 685 g/mol. The zero-order chi connectivity index (χ0) is 34.6. The Bertz CT molecular complexity index is 2210. The molecule has 0 amide bonds. The summed E-state index contributed by atoms with van der Waals surface area (Å²) < 4.78 is 66.2. The molecule has 0 unspecified atom stereocenters. The molecule has 48 heavy (non-hydrogen) atoms. The van der Waals surface area contributed by atoms with Gasteiger partial charge in [-0.2, -0.15) is 16.8 Å². The maximum atomic E-state index is 12.5. The molecule has 4 aromatic carbocycles. The molecule has 5 N–H and O–H groups in total. The Morgan fingerprint density at radius 1 is 0.750 bits per heavy atom. The molecule has 0 saturated heterocycles. The lowest BCUT2D eigenvalue weighted by Gasteiger charge is -2.20. The third kappa shape index (κ3) is 8.04. The van der Waals surface area contributed by atoms with E-state index in [0.717, 1.165) is 16.8 Å². The molecule has 0 fully saturated rings. The van der Waals surface area contributed by atoms with Gasteiger partial charge in [0.15, 0.2) is 6.54 Å². The molecule has 0 bridgehead atoms. The Balaban J connectivity index is 1.59. The lowest BCUT2D eigenvalue weighted by molar-refractivity contribution is -0.473. The molecule has 246 valence electrons. The number of nitrogens with one attached hydrogen (secondary N) is 2. The van der Waals surface area contributed by atoms with Crippen molar-refractivity contribution in [3.8, 4) is 0 Å². The van der Waals surface area contributed by atoms with Crippen molar-refractivity contribution in [1.82, 2.24) is 0 Å². The molecule has 5 rings (SSSR count). The van der Waals surface area contributed by atoms with Crippen LogP contribution in [0.4, 0.5) is 5.69 Å². The van der Waals surface area contributed by atoms with E-state index in [0.29, 0.717) is 39.9 Å². The van der Waals surface area contributed by atoms with Crippen LogP contribution in [0.3, 0.4) is 0 Å². The first-order chi connectivity index (χ1) is 22.7. The molecule has 10 nitrogen and oxygen atoms in total. The largest absolute Gasteiger partial charge is 0.477 e. The van der Waals surface area contributed by atoms with Gasteiger partial charge in [-0.05, 0) is 101 Å². The Kier molecular flexibility index (Phi) is 9.92. The number of benzene rings is 4. The fourth-order valence-corrected chi connectivity index (χ4v) is 6.72. The number of aryl methyl sites for hydroxylation is 2. The van der Waals surface area contributed by atoms with E-state index < -0.39 is 26.2 Å². The van der Waals surface area contributed by atoms with Gasteiger partial charge in [-0.1, -0.05) is 54.6 Å². The van der Waals surface area contributed by atoms with Gasteiger partial charge in [0.05, 0.1) is 9.79 Å². The highest BCUT2D eigenvalue weighted by atomic mass is 32.2. The van der Waals surface area contributed by atoms with Crippen molar-refractivity contribution in [2.45, 2.75) is 36.7 Å². The summed E-state index contributed by atoms with van der Waals surface area (Å²) in [6.07, 6.45) is 4.88. The van der Waals surface area contributed by atoms with Crippen LogP contribution in [0.2, 0.25) is 0 Å². The Labute approximate surface area is 279 Å².